The van der Waals surface area contributed by atoms with Gasteiger partial charge in [-0.2, -0.15) is 0 Å². The summed E-state index contributed by atoms with van der Waals surface area (Å²) in [6.07, 6.45) is 7.75. The van der Waals surface area contributed by atoms with Crippen molar-refractivity contribution < 1.29 is 4.74 Å². The van der Waals surface area contributed by atoms with Gasteiger partial charge in [-0.05, 0) is 18.9 Å². The van der Waals surface area contributed by atoms with Gasteiger partial charge in [0, 0.05) is 48.7 Å². The van der Waals surface area contributed by atoms with Crippen LogP contribution in [0.4, 0.5) is 0 Å². The van der Waals surface area contributed by atoms with Crippen LogP contribution in [0.3, 0.4) is 0 Å². The fraction of sp³-hybridized carbons (Fsp3) is 0.562. The molecule has 0 amide bonds. The molecular weight excluding hydrogens is 296 g/mol. The van der Waals surface area contributed by atoms with Crippen LogP contribution in [0.1, 0.15) is 22.6 Å². The standard InChI is InChI=1S/C16H20N4OS/c1-12-15(22-11-19-12)6-20-7-16(8-20)3-14(21-9-16)2-13-4-17-10-18-5-13/h4-5,10-11,14H,2-3,6-9H2,1H3/t14-/m1/s1. The van der Waals surface area contributed by atoms with E-state index in [9.17, 15) is 0 Å². The van der Waals surface area contributed by atoms with Crippen molar-refractivity contribution in [2.75, 3.05) is 19.7 Å². The molecule has 1 atom stereocenters. The number of aromatic nitrogens is 3. The molecule has 0 saturated carbocycles. The Bertz CT molecular complexity index is 639. The lowest BCUT2D eigenvalue weighted by atomic mass is 9.77. The molecule has 22 heavy (non-hydrogen) atoms. The van der Waals surface area contributed by atoms with Crippen LogP contribution in [-0.2, 0) is 17.7 Å². The molecular formula is C16H20N4OS. The van der Waals surface area contributed by atoms with Crippen LogP contribution in [0.5, 0.6) is 0 Å². The molecule has 1 spiro atoms. The minimum Gasteiger partial charge on any atom is -0.377 e. The number of thiazole rings is 1. The van der Waals surface area contributed by atoms with Gasteiger partial charge in [-0.3, -0.25) is 4.90 Å². The molecule has 0 N–H and O–H groups in total. The van der Waals surface area contributed by atoms with Crippen molar-refractivity contribution in [1.29, 1.82) is 0 Å². The average molecular weight is 316 g/mol. The van der Waals surface area contributed by atoms with Crippen molar-refractivity contribution in [1.82, 2.24) is 19.9 Å². The van der Waals surface area contributed by atoms with Crippen LogP contribution >= 0.6 is 11.3 Å². The predicted molar refractivity (Wildman–Crippen MR) is 84.7 cm³/mol. The van der Waals surface area contributed by atoms with E-state index < -0.39 is 0 Å². The monoisotopic (exact) mass is 316 g/mol. The number of hydrogen-bond acceptors (Lipinski definition) is 6. The Morgan fingerprint density at radius 2 is 2.18 bits per heavy atom. The molecule has 2 saturated heterocycles. The number of nitrogens with zero attached hydrogens (tertiary/aromatic N) is 4. The van der Waals surface area contributed by atoms with Gasteiger partial charge in [0.15, 0.2) is 0 Å². The molecule has 0 bridgehead atoms. The zero-order valence-corrected chi connectivity index (χ0v) is 13.6. The molecule has 2 fully saturated rings. The first kappa shape index (κ1) is 14.2. The van der Waals surface area contributed by atoms with E-state index in [1.165, 1.54) is 16.1 Å². The molecule has 0 unspecified atom stereocenters. The van der Waals surface area contributed by atoms with E-state index in [0.717, 1.165) is 39.1 Å². The molecule has 4 heterocycles. The van der Waals surface area contributed by atoms with Crippen LogP contribution in [-0.4, -0.2) is 45.7 Å². The Morgan fingerprint density at radius 1 is 1.36 bits per heavy atom. The number of likely N-dealkylation sites (tertiary alicyclic amines) is 1. The van der Waals surface area contributed by atoms with E-state index in [-0.39, 0.29) is 0 Å². The van der Waals surface area contributed by atoms with E-state index in [4.69, 9.17) is 4.74 Å². The summed E-state index contributed by atoms with van der Waals surface area (Å²) in [5.41, 5.74) is 4.66. The second kappa shape index (κ2) is 5.68. The highest BCUT2D eigenvalue weighted by atomic mass is 32.1. The third-order valence-corrected chi connectivity index (χ3v) is 5.61. The molecule has 0 aliphatic carbocycles. The van der Waals surface area contributed by atoms with Crippen LogP contribution in [0, 0.1) is 12.3 Å². The van der Waals surface area contributed by atoms with Crippen molar-refractivity contribution in [2.45, 2.75) is 32.4 Å². The van der Waals surface area contributed by atoms with E-state index in [1.54, 1.807) is 17.7 Å². The quantitative estimate of drug-likeness (QED) is 0.864. The minimum absolute atomic E-state index is 0.318. The zero-order chi connectivity index (χ0) is 15.0. The Hall–Kier alpha value is -1.37. The lowest BCUT2D eigenvalue weighted by molar-refractivity contribution is -0.0136. The zero-order valence-electron chi connectivity index (χ0n) is 12.7. The van der Waals surface area contributed by atoms with Gasteiger partial charge in [0.25, 0.3) is 0 Å². The second-order valence-corrected chi connectivity index (χ2v) is 7.53. The summed E-state index contributed by atoms with van der Waals surface area (Å²) in [5.74, 6) is 0. The Kier molecular flexibility index (Phi) is 3.68. The highest BCUT2D eigenvalue weighted by molar-refractivity contribution is 7.09. The van der Waals surface area contributed by atoms with Gasteiger partial charge < -0.3 is 4.74 Å². The van der Waals surface area contributed by atoms with E-state index in [2.05, 4.69) is 26.8 Å². The molecule has 4 rings (SSSR count). The van der Waals surface area contributed by atoms with E-state index in [0.29, 0.717) is 11.5 Å². The van der Waals surface area contributed by atoms with Crippen molar-refractivity contribution in [3.8, 4) is 0 Å². The molecule has 6 heteroatoms. The van der Waals surface area contributed by atoms with Gasteiger partial charge in [-0.1, -0.05) is 0 Å². The maximum atomic E-state index is 6.03. The smallest absolute Gasteiger partial charge is 0.115 e. The summed E-state index contributed by atoms with van der Waals surface area (Å²) in [4.78, 5) is 16.4. The molecule has 2 aliphatic rings. The van der Waals surface area contributed by atoms with Crippen LogP contribution in [0.2, 0.25) is 0 Å². The maximum absolute atomic E-state index is 6.03. The molecule has 116 valence electrons. The van der Waals surface area contributed by atoms with Crippen molar-refractivity contribution >= 4 is 11.3 Å². The molecule has 2 aliphatic heterocycles. The lowest BCUT2D eigenvalue weighted by Gasteiger charge is -2.47. The van der Waals surface area contributed by atoms with Gasteiger partial charge in [0.2, 0.25) is 0 Å². The third kappa shape index (κ3) is 2.78. The number of hydrogen-bond donors (Lipinski definition) is 0. The SMILES string of the molecule is Cc1ncsc1CN1CC2(CO[C@H](Cc3cncnc3)C2)C1. The van der Waals surface area contributed by atoms with E-state index in [1.807, 2.05) is 17.9 Å². The highest BCUT2D eigenvalue weighted by Crippen LogP contribution is 2.42. The van der Waals surface area contributed by atoms with E-state index >= 15 is 0 Å². The topological polar surface area (TPSA) is 51.1 Å². The predicted octanol–water partition coefficient (Wildman–Crippen LogP) is 2.08. The second-order valence-electron chi connectivity index (χ2n) is 6.59. The fourth-order valence-corrected chi connectivity index (χ4v) is 4.46. The Morgan fingerprint density at radius 3 is 2.91 bits per heavy atom. The Balaban J connectivity index is 1.30. The summed E-state index contributed by atoms with van der Waals surface area (Å²) < 4.78 is 6.03. The van der Waals surface area contributed by atoms with Gasteiger partial charge in [-0.25, -0.2) is 15.0 Å². The summed E-state index contributed by atoms with van der Waals surface area (Å²) in [7, 11) is 0. The third-order valence-electron chi connectivity index (χ3n) is 4.69. The maximum Gasteiger partial charge on any atom is 0.115 e. The van der Waals surface area contributed by atoms with Crippen molar-refractivity contribution in [2.24, 2.45) is 5.41 Å². The van der Waals surface area contributed by atoms with Crippen molar-refractivity contribution in [3.05, 3.63) is 40.4 Å². The first-order valence-corrected chi connectivity index (χ1v) is 8.57. The lowest BCUT2D eigenvalue weighted by Crippen LogP contribution is -2.56. The van der Waals surface area contributed by atoms with Gasteiger partial charge in [0.1, 0.15) is 6.33 Å². The summed E-state index contributed by atoms with van der Waals surface area (Å²) >= 11 is 1.76. The first-order valence-electron chi connectivity index (χ1n) is 7.69. The highest BCUT2D eigenvalue weighted by Gasteiger charge is 2.48. The Labute approximate surface area is 134 Å². The molecule has 0 aromatic carbocycles. The summed E-state index contributed by atoms with van der Waals surface area (Å²) in [5, 5.41) is 0. The first-order chi connectivity index (χ1) is 10.7. The van der Waals surface area contributed by atoms with Gasteiger partial charge in [-0.15, -0.1) is 11.3 Å². The van der Waals surface area contributed by atoms with Crippen LogP contribution < -0.4 is 0 Å². The summed E-state index contributed by atoms with van der Waals surface area (Å²) in [6.45, 7) is 6.31. The minimum atomic E-state index is 0.318. The van der Waals surface area contributed by atoms with Crippen LogP contribution in [0.15, 0.2) is 24.2 Å². The molecule has 2 aromatic rings. The fourth-order valence-electron chi connectivity index (χ4n) is 3.64. The normalized spacial score (nSPS) is 23.8. The molecule has 5 nitrogen and oxygen atoms in total. The largest absolute Gasteiger partial charge is 0.377 e. The van der Waals surface area contributed by atoms with Gasteiger partial charge >= 0.3 is 0 Å². The molecule has 2 aromatic heterocycles. The summed E-state index contributed by atoms with van der Waals surface area (Å²) in [6, 6.07) is 0. The number of rotatable bonds is 4. The number of ether oxygens (including phenoxy) is 1. The van der Waals surface area contributed by atoms with Crippen molar-refractivity contribution in [3.63, 3.8) is 0 Å². The molecule has 0 radical (unpaired) electrons. The number of aryl methyl sites for hydroxylation is 1. The van der Waals surface area contributed by atoms with Gasteiger partial charge in [0.05, 0.1) is 23.9 Å². The van der Waals surface area contributed by atoms with Crippen LogP contribution in [0.25, 0.3) is 0 Å². The average Bonchev–Trinajstić information content (AvgIpc) is 3.07.